The molecule has 0 aliphatic heterocycles. The van der Waals surface area contributed by atoms with Gasteiger partial charge in [0.05, 0.1) is 12.7 Å². The lowest BCUT2D eigenvalue weighted by atomic mass is 10.2. The van der Waals surface area contributed by atoms with Crippen LogP contribution in [0.4, 0.5) is 0 Å². The van der Waals surface area contributed by atoms with Crippen molar-refractivity contribution >= 4 is 11.8 Å². The van der Waals surface area contributed by atoms with Gasteiger partial charge in [0.2, 0.25) is 0 Å². The summed E-state index contributed by atoms with van der Waals surface area (Å²) in [6.45, 7) is 3.58. The molecule has 2 aromatic rings. The van der Waals surface area contributed by atoms with Gasteiger partial charge in [-0.15, -0.1) is 0 Å². The van der Waals surface area contributed by atoms with E-state index < -0.39 is 5.60 Å². The molecule has 0 spiro atoms. The number of benzene rings is 1. The highest BCUT2D eigenvalue weighted by atomic mass is 32.2. The quantitative estimate of drug-likeness (QED) is 0.854. The zero-order valence-corrected chi connectivity index (χ0v) is 12.1. The molecule has 1 aromatic carbocycles. The number of methoxy groups -OCH3 is 1. The molecule has 102 valence electrons. The fraction of sp³-hybridized carbons (Fsp3) is 0.357. The van der Waals surface area contributed by atoms with Crippen LogP contribution in [0.3, 0.4) is 0 Å². The maximum Gasteiger partial charge on any atom is 0.172 e. The standard InChI is InChI=1S/C14H18N2O2S/c1-14(2,17)10-19-13-15-8-9-16(13)11-4-6-12(18-3)7-5-11/h4-9,17H,10H2,1-3H3. The topological polar surface area (TPSA) is 47.3 Å². The van der Waals surface area contributed by atoms with E-state index in [2.05, 4.69) is 4.98 Å². The van der Waals surface area contributed by atoms with Crippen LogP contribution in [0.5, 0.6) is 5.75 Å². The fourth-order valence-corrected chi connectivity index (χ4v) is 2.50. The summed E-state index contributed by atoms with van der Waals surface area (Å²) in [6.07, 6.45) is 3.67. The zero-order valence-electron chi connectivity index (χ0n) is 11.3. The number of imidazole rings is 1. The lowest BCUT2D eigenvalue weighted by molar-refractivity contribution is 0.107. The molecule has 0 amide bonds. The Kier molecular flexibility index (Phi) is 4.17. The molecule has 0 unspecified atom stereocenters. The Morgan fingerprint density at radius 3 is 2.58 bits per heavy atom. The minimum atomic E-state index is -0.707. The first kappa shape index (κ1) is 14.0. The van der Waals surface area contributed by atoms with Gasteiger partial charge in [0.1, 0.15) is 5.75 Å². The van der Waals surface area contributed by atoms with Crippen molar-refractivity contribution in [2.45, 2.75) is 24.6 Å². The molecule has 19 heavy (non-hydrogen) atoms. The summed E-state index contributed by atoms with van der Waals surface area (Å²) in [5, 5.41) is 10.6. The van der Waals surface area contributed by atoms with Crippen molar-refractivity contribution in [2.75, 3.05) is 12.9 Å². The van der Waals surface area contributed by atoms with Crippen LogP contribution < -0.4 is 4.74 Å². The molecule has 4 nitrogen and oxygen atoms in total. The van der Waals surface area contributed by atoms with E-state index in [0.717, 1.165) is 16.6 Å². The average molecular weight is 278 g/mol. The van der Waals surface area contributed by atoms with E-state index in [4.69, 9.17) is 4.74 Å². The van der Waals surface area contributed by atoms with E-state index >= 15 is 0 Å². The maximum atomic E-state index is 9.77. The highest BCUT2D eigenvalue weighted by Crippen LogP contribution is 2.24. The lowest BCUT2D eigenvalue weighted by Crippen LogP contribution is -2.22. The monoisotopic (exact) mass is 278 g/mol. The lowest BCUT2D eigenvalue weighted by Gasteiger charge is -2.16. The molecule has 0 bridgehead atoms. The van der Waals surface area contributed by atoms with Gasteiger partial charge >= 0.3 is 0 Å². The van der Waals surface area contributed by atoms with Crippen LogP contribution in [-0.4, -0.2) is 33.1 Å². The predicted octanol–water partition coefficient (Wildman–Crippen LogP) is 2.74. The van der Waals surface area contributed by atoms with Gasteiger partial charge in [-0.05, 0) is 38.1 Å². The SMILES string of the molecule is COc1ccc(-n2ccnc2SCC(C)(C)O)cc1. The van der Waals surface area contributed by atoms with Crippen LogP contribution in [0, 0.1) is 0 Å². The fourth-order valence-electron chi connectivity index (χ4n) is 1.58. The molecule has 1 heterocycles. The van der Waals surface area contributed by atoms with Crippen LogP contribution in [-0.2, 0) is 0 Å². The summed E-state index contributed by atoms with van der Waals surface area (Å²) in [5.41, 5.74) is 0.318. The molecule has 0 saturated carbocycles. The largest absolute Gasteiger partial charge is 0.497 e. The molecule has 0 radical (unpaired) electrons. The third kappa shape index (κ3) is 3.75. The smallest absolute Gasteiger partial charge is 0.172 e. The van der Waals surface area contributed by atoms with E-state index in [0.29, 0.717) is 5.75 Å². The van der Waals surface area contributed by atoms with Crippen LogP contribution in [0.2, 0.25) is 0 Å². The molecule has 0 aliphatic rings. The molecule has 1 aromatic heterocycles. The van der Waals surface area contributed by atoms with Crippen molar-refractivity contribution in [1.29, 1.82) is 0 Å². The Bertz CT molecular complexity index is 529. The van der Waals surface area contributed by atoms with E-state index in [1.165, 1.54) is 11.8 Å². The summed E-state index contributed by atoms with van der Waals surface area (Å²) in [4.78, 5) is 4.32. The molecule has 0 saturated heterocycles. The van der Waals surface area contributed by atoms with Crippen molar-refractivity contribution in [3.8, 4) is 11.4 Å². The minimum absolute atomic E-state index is 0.597. The molecule has 5 heteroatoms. The number of aromatic nitrogens is 2. The number of hydrogen-bond donors (Lipinski definition) is 1. The molecule has 0 aliphatic carbocycles. The number of thioether (sulfide) groups is 1. The van der Waals surface area contributed by atoms with Gasteiger partial charge in [0.25, 0.3) is 0 Å². The summed E-state index contributed by atoms with van der Waals surface area (Å²) in [7, 11) is 1.65. The first-order chi connectivity index (χ1) is 8.99. The summed E-state index contributed by atoms with van der Waals surface area (Å²) >= 11 is 1.54. The highest BCUT2D eigenvalue weighted by molar-refractivity contribution is 7.99. The second kappa shape index (κ2) is 5.67. The van der Waals surface area contributed by atoms with Crippen molar-refractivity contribution in [2.24, 2.45) is 0 Å². The number of rotatable bonds is 5. The summed E-state index contributed by atoms with van der Waals surface area (Å²) < 4.78 is 7.14. The van der Waals surface area contributed by atoms with Gasteiger partial charge < -0.3 is 9.84 Å². The van der Waals surface area contributed by atoms with Gasteiger partial charge in [0.15, 0.2) is 5.16 Å². The van der Waals surface area contributed by atoms with E-state index in [9.17, 15) is 5.11 Å². The molecular weight excluding hydrogens is 260 g/mol. The van der Waals surface area contributed by atoms with Crippen LogP contribution in [0.1, 0.15) is 13.8 Å². The third-order valence-corrected chi connectivity index (χ3v) is 3.92. The summed E-state index contributed by atoms with van der Waals surface area (Å²) in [5.74, 6) is 1.43. The minimum Gasteiger partial charge on any atom is -0.497 e. The Hall–Kier alpha value is -1.46. The first-order valence-electron chi connectivity index (χ1n) is 6.02. The van der Waals surface area contributed by atoms with Crippen LogP contribution >= 0.6 is 11.8 Å². The van der Waals surface area contributed by atoms with Crippen molar-refractivity contribution in [1.82, 2.24) is 9.55 Å². The number of aliphatic hydroxyl groups is 1. The highest BCUT2D eigenvalue weighted by Gasteiger charge is 2.15. The van der Waals surface area contributed by atoms with Crippen LogP contribution in [0.25, 0.3) is 5.69 Å². The zero-order chi connectivity index (χ0) is 13.9. The number of hydrogen-bond acceptors (Lipinski definition) is 4. The Balaban J connectivity index is 2.18. The second-order valence-corrected chi connectivity index (χ2v) is 5.82. The van der Waals surface area contributed by atoms with Crippen molar-refractivity contribution in [3.63, 3.8) is 0 Å². The van der Waals surface area contributed by atoms with Gasteiger partial charge in [0, 0.05) is 23.8 Å². The molecular formula is C14H18N2O2S. The molecule has 0 atom stereocenters. The Morgan fingerprint density at radius 2 is 2.00 bits per heavy atom. The van der Waals surface area contributed by atoms with Gasteiger partial charge in [-0.25, -0.2) is 4.98 Å². The van der Waals surface area contributed by atoms with Crippen LogP contribution in [0.15, 0.2) is 41.8 Å². The maximum absolute atomic E-state index is 9.77. The number of nitrogens with zero attached hydrogens (tertiary/aromatic N) is 2. The molecule has 0 fully saturated rings. The summed E-state index contributed by atoms with van der Waals surface area (Å²) in [6, 6.07) is 7.79. The van der Waals surface area contributed by atoms with Gasteiger partial charge in [-0.1, -0.05) is 11.8 Å². The van der Waals surface area contributed by atoms with E-state index in [1.54, 1.807) is 27.2 Å². The Morgan fingerprint density at radius 1 is 1.32 bits per heavy atom. The van der Waals surface area contributed by atoms with Gasteiger partial charge in [-0.2, -0.15) is 0 Å². The second-order valence-electron chi connectivity index (χ2n) is 4.88. The van der Waals surface area contributed by atoms with E-state index in [1.807, 2.05) is 35.0 Å². The van der Waals surface area contributed by atoms with Crippen molar-refractivity contribution in [3.05, 3.63) is 36.7 Å². The predicted molar refractivity (Wildman–Crippen MR) is 77.1 cm³/mol. The van der Waals surface area contributed by atoms with Gasteiger partial charge in [-0.3, -0.25) is 4.57 Å². The Labute approximate surface area is 117 Å². The average Bonchev–Trinajstić information content (AvgIpc) is 2.84. The van der Waals surface area contributed by atoms with E-state index in [-0.39, 0.29) is 0 Å². The third-order valence-electron chi connectivity index (χ3n) is 2.51. The normalized spacial score (nSPS) is 11.6. The number of ether oxygens (including phenoxy) is 1. The molecule has 1 N–H and O–H groups in total. The first-order valence-corrected chi connectivity index (χ1v) is 7.01. The molecule has 2 rings (SSSR count). The van der Waals surface area contributed by atoms with Crippen molar-refractivity contribution < 1.29 is 9.84 Å².